The van der Waals surface area contributed by atoms with Crippen molar-refractivity contribution >= 4 is 0 Å². The summed E-state index contributed by atoms with van der Waals surface area (Å²) >= 11 is 0. The van der Waals surface area contributed by atoms with Crippen LogP contribution in [0.15, 0.2) is 0 Å². The molecular weight excluding hydrogens is 232 g/mol. The van der Waals surface area contributed by atoms with Gasteiger partial charge in [0.25, 0.3) is 0 Å². The lowest BCUT2D eigenvalue weighted by Crippen LogP contribution is -2.43. The first-order valence-electron chi connectivity index (χ1n) is 8.52. The van der Waals surface area contributed by atoms with Crippen LogP contribution in [0.3, 0.4) is 0 Å². The highest BCUT2D eigenvalue weighted by Crippen LogP contribution is 2.33. The molecule has 0 unspecified atom stereocenters. The summed E-state index contributed by atoms with van der Waals surface area (Å²) < 4.78 is 0. The number of rotatable bonds is 4. The van der Waals surface area contributed by atoms with Gasteiger partial charge < -0.3 is 9.80 Å². The van der Waals surface area contributed by atoms with Crippen molar-refractivity contribution < 1.29 is 0 Å². The maximum absolute atomic E-state index is 2.68. The summed E-state index contributed by atoms with van der Waals surface area (Å²) in [6.07, 6.45) is 5.82. The molecule has 2 saturated heterocycles. The van der Waals surface area contributed by atoms with Crippen molar-refractivity contribution in [2.24, 2.45) is 17.8 Å². The second-order valence-electron chi connectivity index (χ2n) is 7.50. The summed E-state index contributed by atoms with van der Waals surface area (Å²) in [6.45, 7) is 16.1. The maximum Gasteiger partial charge on any atom is 0.00385 e. The third-order valence-electron chi connectivity index (χ3n) is 5.23. The van der Waals surface area contributed by atoms with E-state index in [9.17, 15) is 0 Å². The van der Waals surface area contributed by atoms with Crippen molar-refractivity contribution in [1.29, 1.82) is 0 Å². The second kappa shape index (κ2) is 7.08. The summed E-state index contributed by atoms with van der Waals surface area (Å²) in [5, 5.41) is 0. The predicted molar refractivity (Wildman–Crippen MR) is 83.4 cm³/mol. The fourth-order valence-electron chi connectivity index (χ4n) is 4.03. The fourth-order valence-corrected chi connectivity index (χ4v) is 4.03. The molecule has 19 heavy (non-hydrogen) atoms. The van der Waals surface area contributed by atoms with E-state index in [0.717, 1.165) is 23.8 Å². The Morgan fingerprint density at radius 1 is 0.789 bits per heavy atom. The molecule has 0 aromatic rings. The van der Waals surface area contributed by atoms with E-state index in [1.165, 1.54) is 58.4 Å². The Balaban J connectivity index is 1.71. The third kappa shape index (κ3) is 4.46. The Labute approximate surface area is 120 Å². The van der Waals surface area contributed by atoms with Crippen molar-refractivity contribution in [3.63, 3.8) is 0 Å². The first-order valence-corrected chi connectivity index (χ1v) is 8.52. The normalized spacial score (nSPS) is 25.6. The van der Waals surface area contributed by atoms with Gasteiger partial charge in [0.05, 0.1) is 0 Å². The summed E-state index contributed by atoms with van der Waals surface area (Å²) in [5.74, 6) is 2.87. The van der Waals surface area contributed by atoms with Gasteiger partial charge in [0.2, 0.25) is 0 Å². The summed E-state index contributed by atoms with van der Waals surface area (Å²) in [5.41, 5.74) is 0. The molecule has 2 heteroatoms. The van der Waals surface area contributed by atoms with Crippen LogP contribution in [0.25, 0.3) is 0 Å². The molecule has 0 radical (unpaired) electrons. The smallest absolute Gasteiger partial charge is 0.00385 e. The zero-order valence-electron chi connectivity index (χ0n) is 13.6. The molecule has 0 amide bonds. The van der Waals surface area contributed by atoms with E-state index in [2.05, 4.69) is 37.5 Å². The number of nitrogens with zero attached hydrogens (tertiary/aromatic N) is 2. The van der Waals surface area contributed by atoms with Gasteiger partial charge in [-0.15, -0.1) is 0 Å². The molecule has 0 atom stereocenters. The maximum atomic E-state index is 2.68. The monoisotopic (exact) mass is 266 g/mol. The number of piperidine rings is 2. The topological polar surface area (TPSA) is 6.48 Å². The number of hydrogen-bond acceptors (Lipinski definition) is 2. The predicted octanol–water partition coefficient (Wildman–Crippen LogP) is 3.47. The molecule has 0 saturated carbocycles. The molecule has 0 aromatic carbocycles. The minimum Gasteiger partial charge on any atom is -0.303 e. The van der Waals surface area contributed by atoms with Crippen LogP contribution in [0, 0.1) is 17.8 Å². The van der Waals surface area contributed by atoms with Crippen LogP contribution in [0.5, 0.6) is 0 Å². The van der Waals surface area contributed by atoms with Gasteiger partial charge in [-0.05, 0) is 83.5 Å². The van der Waals surface area contributed by atoms with Crippen LogP contribution < -0.4 is 0 Å². The lowest BCUT2D eigenvalue weighted by Gasteiger charge is -2.41. The van der Waals surface area contributed by atoms with Crippen LogP contribution in [0.4, 0.5) is 0 Å². The highest BCUT2D eigenvalue weighted by molar-refractivity contribution is 4.83. The zero-order valence-corrected chi connectivity index (χ0v) is 13.6. The lowest BCUT2D eigenvalue weighted by molar-refractivity contribution is 0.0804. The van der Waals surface area contributed by atoms with E-state index in [1.54, 1.807) is 0 Å². The van der Waals surface area contributed by atoms with Crippen LogP contribution in [0.1, 0.15) is 53.4 Å². The van der Waals surface area contributed by atoms with Crippen LogP contribution >= 0.6 is 0 Å². The Morgan fingerprint density at radius 2 is 1.26 bits per heavy atom. The summed E-state index contributed by atoms with van der Waals surface area (Å²) in [7, 11) is 0. The second-order valence-corrected chi connectivity index (χ2v) is 7.50. The first kappa shape index (κ1) is 15.3. The van der Waals surface area contributed by atoms with Gasteiger partial charge in [-0.1, -0.05) is 13.8 Å². The van der Waals surface area contributed by atoms with Gasteiger partial charge in [0.15, 0.2) is 0 Å². The molecule has 2 fully saturated rings. The SMILES string of the molecule is CC(C)CN1CCC(C2CCN(C(C)C)CC2)CC1. The Kier molecular flexibility index (Phi) is 5.70. The number of hydrogen-bond donors (Lipinski definition) is 0. The summed E-state index contributed by atoms with van der Waals surface area (Å²) in [6, 6.07) is 0.744. The highest BCUT2D eigenvalue weighted by atomic mass is 15.2. The van der Waals surface area contributed by atoms with E-state index in [1.807, 2.05) is 0 Å². The van der Waals surface area contributed by atoms with E-state index in [0.29, 0.717) is 0 Å². The van der Waals surface area contributed by atoms with Crippen LogP contribution in [0.2, 0.25) is 0 Å². The average molecular weight is 266 g/mol. The minimum absolute atomic E-state index is 0.744. The van der Waals surface area contributed by atoms with E-state index in [-0.39, 0.29) is 0 Å². The fraction of sp³-hybridized carbons (Fsp3) is 1.00. The molecule has 0 N–H and O–H groups in total. The van der Waals surface area contributed by atoms with Gasteiger partial charge >= 0.3 is 0 Å². The number of likely N-dealkylation sites (tertiary alicyclic amines) is 2. The Morgan fingerprint density at radius 3 is 1.68 bits per heavy atom. The van der Waals surface area contributed by atoms with Gasteiger partial charge in [0.1, 0.15) is 0 Å². The zero-order chi connectivity index (χ0) is 13.8. The van der Waals surface area contributed by atoms with Crippen LogP contribution in [-0.4, -0.2) is 48.6 Å². The van der Waals surface area contributed by atoms with Gasteiger partial charge in [-0.3, -0.25) is 0 Å². The lowest BCUT2D eigenvalue weighted by atomic mass is 9.78. The average Bonchev–Trinajstić information content (AvgIpc) is 2.39. The van der Waals surface area contributed by atoms with E-state index < -0.39 is 0 Å². The molecule has 0 aromatic heterocycles. The van der Waals surface area contributed by atoms with Crippen molar-refractivity contribution in [1.82, 2.24) is 9.80 Å². The van der Waals surface area contributed by atoms with Gasteiger partial charge in [-0.25, -0.2) is 0 Å². The Bertz CT molecular complexity index is 246. The van der Waals surface area contributed by atoms with Gasteiger partial charge in [-0.2, -0.15) is 0 Å². The standard InChI is InChI=1S/C17H34N2/c1-14(2)13-18-9-5-16(6-10-18)17-7-11-19(12-8-17)15(3)4/h14-17H,5-13H2,1-4H3. The quantitative estimate of drug-likeness (QED) is 0.769. The van der Waals surface area contributed by atoms with Crippen molar-refractivity contribution in [2.45, 2.75) is 59.4 Å². The molecule has 2 aliphatic heterocycles. The highest BCUT2D eigenvalue weighted by Gasteiger charge is 2.30. The van der Waals surface area contributed by atoms with E-state index >= 15 is 0 Å². The van der Waals surface area contributed by atoms with Crippen molar-refractivity contribution in [3.05, 3.63) is 0 Å². The molecular formula is C17H34N2. The summed E-state index contributed by atoms with van der Waals surface area (Å²) in [4.78, 5) is 5.34. The molecule has 0 bridgehead atoms. The van der Waals surface area contributed by atoms with Crippen LogP contribution in [-0.2, 0) is 0 Å². The first-order chi connectivity index (χ1) is 9.06. The third-order valence-corrected chi connectivity index (χ3v) is 5.23. The Hall–Kier alpha value is -0.0800. The molecule has 0 aliphatic carbocycles. The molecule has 2 aliphatic rings. The van der Waals surface area contributed by atoms with Gasteiger partial charge in [0, 0.05) is 12.6 Å². The molecule has 112 valence electrons. The molecule has 2 nitrogen and oxygen atoms in total. The minimum atomic E-state index is 0.744. The van der Waals surface area contributed by atoms with Crippen molar-refractivity contribution in [2.75, 3.05) is 32.7 Å². The molecule has 2 rings (SSSR count). The molecule has 0 spiro atoms. The van der Waals surface area contributed by atoms with Crippen molar-refractivity contribution in [3.8, 4) is 0 Å². The molecule has 2 heterocycles. The van der Waals surface area contributed by atoms with E-state index in [4.69, 9.17) is 0 Å². The largest absolute Gasteiger partial charge is 0.303 e.